The smallest absolute Gasteiger partial charge is 0.230 e. The topological polar surface area (TPSA) is 95.1 Å². The first-order valence-corrected chi connectivity index (χ1v) is 10.6. The summed E-state index contributed by atoms with van der Waals surface area (Å²) in [4.78, 5) is 30.3. The van der Waals surface area contributed by atoms with E-state index in [4.69, 9.17) is 9.73 Å². The number of carbonyl (C=O) groups is 2. The number of rotatable bonds is 9. The van der Waals surface area contributed by atoms with Gasteiger partial charge >= 0.3 is 0 Å². The minimum Gasteiger partial charge on any atom is -0.492 e. The first kappa shape index (κ1) is 23.5. The molecule has 0 aliphatic heterocycles. The van der Waals surface area contributed by atoms with Gasteiger partial charge in [0.25, 0.3) is 0 Å². The molecule has 3 N–H and O–H groups in total. The molecule has 0 heterocycles. The molecule has 2 rings (SSSR count). The number of hydrogen-bond acceptors (Lipinski definition) is 4. The second-order valence-corrected chi connectivity index (χ2v) is 7.87. The molecule has 1 fully saturated rings. The lowest BCUT2D eigenvalue weighted by atomic mass is 9.85. The number of guanidine groups is 1. The van der Waals surface area contributed by atoms with Gasteiger partial charge in [-0.3, -0.25) is 14.6 Å². The van der Waals surface area contributed by atoms with Gasteiger partial charge in [0, 0.05) is 39.3 Å². The van der Waals surface area contributed by atoms with Crippen LogP contribution in [0.2, 0.25) is 0 Å². The van der Waals surface area contributed by atoms with Crippen molar-refractivity contribution >= 4 is 23.5 Å². The summed E-state index contributed by atoms with van der Waals surface area (Å²) in [5.74, 6) is 1.42. The van der Waals surface area contributed by atoms with Crippen molar-refractivity contribution < 1.29 is 14.3 Å². The van der Waals surface area contributed by atoms with Gasteiger partial charge in [0.05, 0.1) is 18.5 Å². The molecule has 0 aromatic heterocycles. The average molecular weight is 418 g/mol. The predicted octanol–water partition coefficient (Wildman–Crippen LogP) is 2.23. The van der Waals surface area contributed by atoms with Gasteiger partial charge in [-0.05, 0) is 31.9 Å². The summed E-state index contributed by atoms with van der Waals surface area (Å²) in [6, 6.07) is 7.29. The fraction of sp³-hybridized carbons (Fsp3) is 0.591. The minimum atomic E-state index is -0.382. The van der Waals surface area contributed by atoms with Crippen LogP contribution >= 0.6 is 0 Å². The molecular weight excluding hydrogens is 382 g/mol. The van der Waals surface area contributed by atoms with Crippen LogP contribution in [0.25, 0.3) is 0 Å². The number of carbonyl (C=O) groups excluding carboxylic acids is 2. The van der Waals surface area contributed by atoms with Crippen LogP contribution in [0.4, 0.5) is 5.69 Å². The van der Waals surface area contributed by atoms with Gasteiger partial charge in [0.2, 0.25) is 11.8 Å². The Hall–Kier alpha value is -2.77. The van der Waals surface area contributed by atoms with Crippen LogP contribution < -0.4 is 20.7 Å². The average Bonchev–Trinajstić information content (AvgIpc) is 3.18. The number of amides is 2. The molecule has 0 unspecified atom stereocenters. The molecular formula is C22H35N5O3. The van der Waals surface area contributed by atoms with Gasteiger partial charge in [-0.15, -0.1) is 0 Å². The summed E-state index contributed by atoms with van der Waals surface area (Å²) in [6.07, 6.45) is 3.93. The Bertz CT molecular complexity index is 742. The zero-order chi connectivity index (χ0) is 22.0. The molecule has 30 heavy (non-hydrogen) atoms. The Morgan fingerprint density at radius 3 is 2.57 bits per heavy atom. The molecule has 0 atom stereocenters. The highest BCUT2D eigenvalue weighted by Crippen LogP contribution is 2.39. The first-order chi connectivity index (χ1) is 14.4. The molecule has 1 saturated carbocycles. The summed E-state index contributed by atoms with van der Waals surface area (Å²) >= 11 is 0. The SMILES string of the molecule is CCNC(=NCC1(C(=O)N(C)C)CCCC1)NCCOc1cccc(NC(C)=O)c1. The van der Waals surface area contributed by atoms with Gasteiger partial charge in [0.15, 0.2) is 5.96 Å². The van der Waals surface area contributed by atoms with Crippen molar-refractivity contribution in [1.82, 2.24) is 15.5 Å². The van der Waals surface area contributed by atoms with Gasteiger partial charge in [0.1, 0.15) is 12.4 Å². The van der Waals surface area contributed by atoms with Crippen molar-refractivity contribution in [2.75, 3.05) is 45.7 Å². The molecule has 1 aromatic carbocycles. The Morgan fingerprint density at radius 2 is 1.93 bits per heavy atom. The van der Waals surface area contributed by atoms with E-state index in [-0.39, 0.29) is 17.2 Å². The third kappa shape index (κ3) is 6.93. The van der Waals surface area contributed by atoms with Crippen LogP contribution in [0.5, 0.6) is 5.75 Å². The lowest BCUT2D eigenvalue weighted by Crippen LogP contribution is -2.43. The number of hydrogen-bond donors (Lipinski definition) is 3. The second kappa shape index (κ2) is 11.4. The van der Waals surface area contributed by atoms with E-state index >= 15 is 0 Å². The van der Waals surface area contributed by atoms with Crippen LogP contribution in [-0.4, -0.2) is 63.0 Å². The molecule has 1 aliphatic rings. The van der Waals surface area contributed by atoms with Crippen LogP contribution in [0.3, 0.4) is 0 Å². The molecule has 1 aromatic rings. The summed E-state index contributed by atoms with van der Waals surface area (Å²) in [7, 11) is 3.63. The largest absolute Gasteiger partial charge is 0.492 e. The standard InChI is InChI=1S/C22H35N5O3/c1-5-23-21(25-16-22(11-6-7-12-22)20(29)27(3)4)24-13-14-30-19-10-8-9-18(15-19)26-17(2)28/h8-10,15H,5-7,11-14,16H2,1-4H3,(H,26,28)(H2,23,24,25). The van der Waals surface area contributed by atoms with Crippen LogP contribution in [-0.2, 0) is 9.59 Å². The number of benzene rings is 1. The fourth-order valence-electron chi connectivity index (χ4n) is 3.74. The maximum Gasteiger partial charge on any atom is 0.230 e. The number of aliphatic imine (C=N–C) groups is 1. The lowest BCUT2D eigenvalue weighted by Gasteiger charge is -2.29. The third-order valence-electron chi connectivity index (χ3n) is 5.12. The van der Waals surface area contributed by atoms with Gasteiger partial charge < -0.3 is 25.6 Å². The summed E-state index contributed by atoms with van der Waals surface area (Å²) in [6.45, 7) is 5.71. The molecule has 166 valence electrons. The molecule has 0 spiro atoms. The van der Waals surface area contributed by atoms with Gasteiger partial charge in [-0.25, -0.2) is 0 Å². The summed E-state index contributed by atoms with van der Waals surface area (Å²) in [5, 5.41) is 9.24. The lowest BCUT2D eigenvalue weighted by molar-refractivity contribution is -0.138. The highest BCUT2D eigenvalue weighted by atomic mass is 16.5. The fourth-order valence-corrected chi connectivity index (χ4v) is 3.74. The maximum absolute atomic E-state index is 12.7. The maximum atomic E-state index is 12.7. The Balaban J connectivity index is 1.89. The molecule has 8 nitrogen and oxygen atoms in total. The van der Waals surface area contributed by atoms with E-state index in [0.717, 1.165) is 32.2 Å². The quantitative estimate of drug-likeness (QED) is 0.325. The van der Waals surface area contributed by atoms with Crippen molar-refractivity contribution in [2.45, 2.75) is 39.5 Å². The van der Waals surface area contributed by atoms with Crippen molar-refractivity contribution in [3.63, 3.8) is 0 Å². The van der Waals surface area contributed by atoms with Crippen LogP contribution in [0.15, 0.2) is 29.3 Å². The molecule has 1 aliphatic carbocycles. The summed E-state index contributed by atoms with van der Waals surface area (Å²) in [5.41, 5.74) is 0.322. The van der Waals surface area contributed by atoms with E-state index in [0.29, 0.717) is 37.1 Å². The molecule has 2 amide bonds. The van der Waals surface area contributed by atoms with E-state index in [1.807, 2.05) is 39.2 Å². The summed E-state index contributed by atoms with van der Waals surface area (Å²) < 4.78 is 5.77. The number of nitrogens with one attached hydrogen (secondary N) is 3. The van der Waals surface area contributed by atoms with Crippen molar-refractivity contribution in [2.24, 2.45) is 10.4 Å². The van der Waals surface area contributed by atoms with Crippen molar-refractivity contribution in [1.29, 1.82) is 0 Å². The Morgan fingerprint density at radius 1 is 1.20 bits per heavy atom. The highest BCUT2D eigenvalue weighted by molar-refractivity contribution is 5.88. The molecule has 0 radical (unpaired) electrons. The van der Waals surface area contributed by atoms with E-state index < -0.39 is 0 Å². The third-order valence-corrected chi connectivity index (χ3v) is 5.12. The first-order valence-electron chi connectivity index (χ1n) is 10.6. The van der Waals surface area contributed by atoms with E-state index in [9.17, 15) is 9.59 Å². The van der Waals surface area contributed by atoms with Gasteiger partial charge in [-0.1, -0.05) is 18.9 Å². The zero-order valence-corrected chi connectivity index (χ0v) is 18.6. The predicted molar refractivity (Wildman–Crippen MR) is 120 cm³/mol. The molecule has 0 bridgehead atoms. The van der Waals surface area contributed by atoms with E-state index in [1.165, 1.54) is 6.92 Å². The minimum absolute atomic E-state index is 0.118. The van der Waals surface area contributed by atoms with Crippen LogP contribution in [0.1, 0.15) is 39.5 Å². The zero-order valence-electron chi connectivity index (χ0n) is 18.6. The second-order valence-electron chi connectivity index (χ2n) is 7.87. The number of anilines is 1. The van der Waals surface area contributed by atoms with Crippen molar-refractivity contribution in [3.05, 3.63) is 24.3 Å². The normalized spacial score (nSPS) is 15.4. The molecule has 0 saturated heterocycles. The van der Waals surface area contributed by atoms with Gasteiger partial charge in [-0.2, -0.15) is 0 Å². The number of ether oxygens (including phenoxy) is 1. The molecule has 8 heteroatoms. The van der Waals surface area contributed by atoms with E-state index in [2.05, 4.69) is 16.0 Å². The highest BCUT2D eigenvalue weighted by Gasteiger charge is 2.42. The van der Waals surface area contributed by atoms with Crippen LogP contribution in [0, 0.1) is 5.41 Å². The monoisotopic (exact) mass is 417 g/mol. The van der Waals surface area contributed by atoms with Crippen molar-refractivity contribution in [3.8, 4) is 5.75 Å². The Kier molecular flexibility index (Phi) is 8.95. The van der Waals surface area contributed by atoms with E-state index in [1.54, 1.807) is 11.0 Å². The number of nitrogens with zero attached hydrogens (tertiary/aromatic N) is 2. The Labute approximate surface area is 179 Å².